The molecule has 1 aromatic carbocycles. The molecule has 0 atom stereocenters. The summed E-state index contributed by atoms with van der Waals surface area (Å²) >= 11 is 3.62. The zero-order valence-corrected chi connectivity index (χ0v) is 13.1. The number of aryl methyl sites for hydroxylation is 2. The number of halogens is 1. The molecule has 2 N–H and O–H groups in total. The van der Waals surface area contributed by atoms with Crippen LogP contribution in [0.3, 0.4) is 0 Å². The van der Waals surface area contributed by atoms with Crippen LogP contribution in [0, 0.1) is 6.92 Å². The van der Waals surface area contributed by atoms with Crippen LogP contribution in [0.25, 0.3) is 10.9 Å². The number of hydrogen-bond donors (Lipinski definition) is 1. The van der Waals surface area contributed by atoms with Crippen LogP contribution in [0.5, 0.6) is 0 Å². The summed E-state index contributed by atoms with van der Waals surface area (Å²) in [5.74, 6) is 0. The van der Waals surface area contributed by atoms with Crippen LogP contribution in [-0.4, -0.2) is 19.6 Å². The van der Waals surface area contributed by atoms with Gasteiger partial charge in [0.05, 0.1) is 34.1 Å². The lowest BCUT2D eigenvalue weighted by atomic mass is 10.2. The van der Waals surface area contributed by atoms with Gasteiger partial charge in [0.15, 0.2) is 0 Å². The van der Waals surface area contributed by atoms with Crippen LogP contribution in [0.15, 0.2) is 28.9 Å². The van der Waals surface area contributed by atoms with E-state index >= 15 is 0 Å². The first kappa shape index (κ1) is 13.2. The minimum atomic E-state index is 0.669. The number of fused-ring (bicyclic) bond motifs is 1. The lowest BCUT2D eigenvalue weighted by Gasteiger charge is -2.07. The van der Waals surface area contributed by atoms with Crippen LogP contribution < -0.4 is 5.73 Å². The number of nitrogens with zero attached hydrogens (tertiary/aromatic N) is 4. The molecule has 0 aliphatic heterocycles. The number of nitrogens with two attached hydrogens (primary N) is 1. The van der Waals surface area contributed by atoms with Crippen molar-refractivity contribution in [3.05, 3.63) is 40.3 Å². The minimum absolute atomic E-state index is 0.669. The third-order valence-corrected chi connectivity index (χ3v) is 4.45. The summed E-state index contributed by atoms with van der Waals surface area (Å²) in [5, 5.41) is 10.1. The summed E-state index contributed by atoms with van der Waals surface area (Å²) in [5.41, 5.74) is 9.78. The van der Waals surface area contributed by atoms with Crippen molar-refractivity contribution in [2.45, 2.75) is 26.9 Å². The summed E-state index contributed by atoms with van der Waals surface area (Å²) in [6, 6.07) is 5.84. The van der Waals surface area contributed by atoms with E-state index in [1.165, 1.54) is 0 Å². The number of benzene rings is 1. The van der Waals surface area contributed by atoms with Gasteiger partial charge >= 0.3 is 0 Å². The van der Waals surface area contributed by atoms with Gasteiger partial charge < -0.3 is 5.73 Å². The Labute approximate surface area is 125 Å². The SMILES string of the molecule is CCn1nc(C)c(Br)c1Cn1ncc2ccc(N)cc21. The topological polar surface area (TPSA) is 61.7 Å². The average Bonchev–Trinajstić information content (AvgIpc) is 2.95. The van der Waals surface area contributed by atoms with Crippen molar-refractivity contribution in [2.75, 3.05) is 5.73 Å². The smallest absolute Gasteiger partial charge is 0.0847 e. The lowest BCUT2D eigenvalue weighted by Crippen LogP contribution is -2.09. The minimum Gasteiger partial charge on any atom is -0.399 e. The van der Waals surface area contributed by atoms with Gasteiger partial charge in [-0.3, -0.25) is 9.36 Å². The molecule has 5 nitrogen and oxygen atoms in total. The monoisotopic (exact) mass is 333 g/mol. The van der Waals surface area contributed by atoms with Gasteiger partial charge in [-0.05, 0) is 48.0 Å². The zero-order valence-electron chi connectivity index (χ0n) is 11.5. The molecule has 0 saturated heterocycles. The molecule has 0 spiro atoms. The van der Waals surface area contributed by atoms with Crippen LogP contribution in [0.1, 0.15) is 18.3 Å². The van der Waals surface area contributed by atoms with Crippen LogP contribution >= 0.6 is 15.9 Å². The highest BCUT2D eigenvalue weighted by molar-refractivity contribution is 9.10. The molecule has 0 bridgehead atoms. The summed E-state index contributed by atoms with van der Waals surface area (Å²) < 4.78 is 5.00. The third kappa shape index (κ3) is 2.10. The molecule has 2 heterocycles. The Kier molecular flexibility index (Phi) is 3.25. The lowest BCUT2D eigenvalue weighted by molar-refractivity contribution is 0.581. The van der Waals surface area contributed by atoms with Crippen LogP contribution in [0.4, 0.5) is 5.69 Å². The first-order valence-electron chi connectivity index (χ1n) is 6.53. The summed E-state index contributed by atoms with van der Waals surface area (Å²) in [4.78, 5) is 0. The molecule has 0 fully saturated rings. The van der Waals surface area contributed by atoms with E-state index in [4.69, 9.17) is 5.73 Å². The molecule has 2 aromatic heterocycles. The van der Waals surface area contributed by atoms with Crippen molar-refractivity contribution in [3.8, 4) is 0 Å². The van der Waals surface area contributed by atoms with E-state index in [2.05, 4.69) is 33.1 Å². The number of anilines is 1. The van der Waals surface area contributed by atoms with Gasteiger partial charge in [-0.25, -0.2) is 0 Å². The van der Waals surface area contributed by atoms with Gasteiger partial charge in [0, 0.05) is 17.6 Å². The molecule has 3 aromatic rings. The fourth-order valence-electron chi connectivity index (χ4n) is 2.38. The second-order valence-corrected chi connectivity index (χ2v) is 5.58. The van der Waals surface area contributed by atoms with Crippen LogP contribution in [-0.2, 0) is 13.1 Å². The zero-order chi connectivity index (χ0) is 14.3. The molecular formula is C14H16BrN5. The largest absolute Gasteiger partial charge is 0.399 e. The summed E-state index contributed by atoms with van der Waals surface area (Å²) in [7, 11) is 0. The Morgan fingerprint density at radius 2 is 2.10 bits per heavy atom. The summed E-state index contributed by atoms with van der Waals surface area (Å²) in [6.07, 6.45) is 1.86. The number of hydrogen-bond acceptors (Lipinski definition) is 3. The first-order valence-corrected chi connectivity index (χ1v) is 7.32. The molecule has 0 radical (unpaired) electrons. The van der Waals surface area contributed by atoms with Gasteiger partial charge in [-0.2, -0.15) is 10.2 Å². The van der Waals surface area contributed by atoms with E-state index < -0.39 is 0 Å². The van der Waals surface area contributed by atoms with Crippen molar-refractivity contribution >= 4 is 32.5 Å². The Morgan fingerprint density at radius 3 is 2.85 bits per heavy atom. The van der Waals surface area contributed by atoms with Crippen LogP contribution in [0.2, 0.25) is 0 Å². The second kappa shape index (κ2) is 4.94. The van der Waals surface area contributed by atoms with E-state index in [-0.39, 0.29) is 0 Å². The Balaban J connectivity index is 2.07. The quantitative estimate of drug-likeness (QED) is 0.749. The van der Waals surface area contributed by atoms with Crippen molar-refractivity contribution in [1.29, 1.82) is 0 Å². The van der Waals surface area contributed by atoms with Gasteiger partial charge in [-0.15, -0.1) is 0 Å². The van der Waals surface area contributed by atoms with E-state index in [0.29, 0.717) is 6.54 Å². The molecule has 104 valence electrons. The molecule has 0 saturated carbocycles. The Morgan fingerprint density at radius 1 is 1.30 bits per heavy atom. The van der Waals surface area contributed by atoms with Gasteiger partial charge in [0.1, 0.15) is 0 Å². The molecule has 0 amide bonds. The number of rotatable bonds is 3. The average molecular weight is 334 g/mol. The van der Waals surface area contributed by atoms with Gasteiger partial charge in [-0.1, -0.05) is 0 Å². The highest BCUT2D eigenvalue weighted by Crippen LogP contribution is 2.24. The first-order chi connectivity index (χ1) is 9.60. The molecule has 0 unspecified atom stereocenters. The highest BCUT2D eigenvalue weighted by Gasteiger charge is 2.14. The van der Waals surface area contributed by atoms with Crippen molar-refractivity contribution in [1.82, 2.24) is 19.6 Å². The van der Waals surface area contributed by atoms with E-state index in [9.17, 15) is 0 Å². The normalized spacial score (nSPS) is 11.3. The summed E-state index contributed by atoms with van der Waals surface area (Å²) in [6.45, 7) is 5.59. The highest BCUT2D eigenvalue weighted by atomic mass is 79.9. The maximum absolute atomic E-state index is 5.87. The van der Waals surface area contributed by atoms with Crippen molar-refractivity contribution in [2.24, 2.45) is 0 Å². The Hall–Kier alpha value is -1.82. The van der Waals surface area contributed by atoms with Crippen molar-refractivity contribution in [3.63, 3.8) is 0 Å². The number of nitrogen functional groups attached to an aromatic ring is 1. The third-order valence-electron chi connectivity index (χ3n) is 3.42. The molecule has 20 heavy (non-hydrogen) atoms. The fourth-order valence-corrected chi connectivity index (χ4v) is 2.78. The molecular weight excluding hydrogens is 318 g/mol. The van der Waals surface area contributed by atoms with Crippen molar-refractivity contribution < 1.29 is 0 Å². The standard InChI is InChI=1S/C14H16BrN5/c1-3-19-13(14(15)9(2)18-19)8-20-12-6-11(16)5-4-10(12)7-17-20/h4-7H,3,8,16H2,1-2H3. The second-order valence-electron chi connectivity index (χ2n) is 4.78. The molecule has 0 aliphatic carbocycles. The number of aromatic nitrogens is 4. The van der Waals surface area contributed by atoms with Gasteiger partial charge in [0.2, 0.25) is 0 Å². The Bertz CT molecular complexity index is 771. The molecule has 3 rings (SSSR count). The predicted octanol–water partition coefficient (Wildman–Crippen LogP) is 2.95. The van der Waals surface area contributed by atoms with Gasteiger partial charge in [0.25, 0.3) is 0 Å². The van der Waals surface area contributed by atoms with E-state index in [1.807, 2.05) is 40.7 Å². The molecule has 6 heteroatoms. The maximum Gasteiger partial charge on any atom is 0.0847 e. The predicted molar refractivity (Wildman–Crippen MR) is 83.6 cm³/mol. The van der Waals surface area contributed by atoms with E-state index in [0.717, 1.165) is 39.0 Å². The fraction of sp³-hybridized carbons (Fsp3) is 0.286. The van der Waals surface area contributed by atoms with E-state index in [1.54, 1.807) is 0 Å². The maximum atomic E-state index is 5.87. The molecule has 0 aliphatic rings.